The van der Waals surface area contributed by atoms with Crippen molar-refractivity contribution in [1.82, 2.24) is 5.32 Å². The highest BCUT2D eigenvalue weighted by Gasteiger charge is 2.28. The Morgan fingerprint density at radius 2 is 2.19 bits per heavy atom. The van der Waals surface area contributed by atoms with Gasteiger partial charge in [0.1, 0.15) is 9.84 Å². The van der Waals surface area contributed by atoms with Gasteiger partial charge in [-0.1, -0.05) is 6.92 Å². The quantitative estimate of drug-likeness (QED) is 0.712. The van der Waals surface area contributed by atoms with E-state index in [1.807, 2.05) is 11.8 Å². The zero-order valence-corrected chi connectivity index (χ0v) is 11.9. The minimum absolute atomic E-state index is 0.264. The van der Waals surface area contributed by atoms with Gasteiger partial charge in [-0.3, -0.25) is 0 Å². The average Bonchev–Trinajstić information content (AvgIpc) is 2.65. The zero-order chi connectivity index (χ0) is 12.1. The van der Waals surface area contributed by atoms with Crippen LogP contribution >= 0.6 is 11.8 Å². The molecule has 1 rings (SSSR count). The monoisotopic (exact) mass is 265 g/mol. The van der Waals surface area contributed by atoms with Gasteiger partial charge in [-0.05, 0) is 38.5 Å². The van der Waals surface area contributed by atoms with Crippen molar-refractivity contribution in [3.8, 4) is 0 Å². The number of nitrogens with one attached hydrogen (secondary N) is 1. The molecule has 1 N–H and O–H groups in total. The third-order valence-corrected chi connectivity index (χ3v) is 6.38. The summed E-state index contributed by atoms with van der Waals surface area (Å²) in [7, 11) is -2.78. The molecule has 1 aliphatic rings. The summed E-state index contributed by atoms with van der Waals surface area (Å²) < 4.78 is 22.9. The Labute approximate surface area is 104 Å². The topological polar surface area (TPSA) is 46.2 Å². The molecule has 3 nitrogen and oxygen atoms in total. The molecule has 0 aliphatic carbocycles. The molecular weight excluding hydrogens is 242 g/mol. The fraction of sp³-hybridized carbons (Fsp3) is 1.00. The van der Waals surface area contributed by atoms with Crippen LogP contribution in [0.2, 0.25) is 0 Å². The molecule has 0 aromatic heterocycles. The fourth-order valence-corrected chi connectivity index (χ4v) is 4.04. The number of thioether (sulfide) groups is 1. The van der Waals surface area contributed by atoms with E-state index >= 15 is 0 Å². The van der Waals surface area contributed by atoms with E-state index in [2.05, 4.69) is 12.2 Å². The standard InChI is InChI=1S/C11H23NO2S2/c1-3-16(13,14)9-5-7-12-10-11(2)6-4-8-15-11/h12H,3-10H2,1-2H3. The number of rotatable bonds is 7. The first-order valence-electron chi connectivity index (χ1n) is 6.02. The van der Waals surface area contributed by atoms with E-state index in [-0.39, 0.29) is 5.75 Å². The van der Waals surface area contributed by atoms with Gasteiger partial charge in [0.25, 0.3) is 0 Å². The molecule has 0 saturated carbocycles. The van der Waals surface area contributed by atoms with Crippen LogP contribution in [0.1, 0.15) is 33.1 Å². The Bertz CT molecular complexity index is 295. The molecule has 0 spiro atoms. The minimum Gasteiger partial charge on any atom is -0.315 e. The van der Waals surface area contributed by atoms with Gasteiger partial charge in [0.05, 0.1) is 5.75 Å². The lowest BCUT2D eigenvalue weighted by molar-refractivity contribution is 0.534. The summed E-state index contributed by atoms with van der Waals surface area (Å²) in [6.45, 7) is 5.82. The van der Waals surface area contributed by atoms with Gasteiger partial charge in [-0.25, -0.2) is 8.42 Å². The van der Waals surface area contributed by atoms with Crippen LogP contribution in [0.15, 0.2) is 0 Å². The third-order valence-electron chi connectivity index (χ3n) is 3.05. The van der Waals surface area contributed by atoms with Crippen LogP contribution in [0.25, 0.3) is 0 Å². The van der Waals surface area contributed by atoms with E-state index in [0.29, 0.717) is 10.5 Å². The summed E-state index contributed by atoms with van der Waals surface area (Å²) in [6.07, 6.45) is 3.32. The van der Waals surface area contributed by atoms with Gasteiger partial charge >= 0.3 is 0 Å². The van der Waals surface area contributed by atoms with Crippen LogP contribution in [0.3, 0.4) is 0 Å². The predicted molar refractivity (Wildman–Crippen MR) is 71.9 cm³/mol. The van der Waals surface area contributed by atoms with Gasteiger partial charge in [0.2, 0.25) is 0 Å². The molecular formula is C11H23NO2S2. The highest BCUT2D eigenvalue weighted by molar-refractivity contribution is 8.00. The molecule has 1 aliphatic heterocycles. The molecule has 1 unspecified atom stereocenters. The third kappa shape index (κ3) is 5.06. The Balaban J connectivity index is 2.08. The Hall–Kier alpha value is 0.260. The maximum Gasteiger partial charge on any atom is 0.150 e. The van der Waals surface area contributed by atoms with Gasteiger partial charge in [0, 0.05) is 17.0 Å². The fourth-order valence-electron chi connectivity index (χ4n) is 1.89. The molecule has 0 aromatic carbocycles. The summed E-state index contributed by atoms with van der Waals surface area (Å²) in [6, 6.07) is 0. The number of hydrogen-bond acceptors (Lipinski definition) is 4. The molecule has 0 bridgehead atoms. The zero-order valence-electron chi connectivity index (χ0n) is 10.3. The van der Waals surface area contributed by atoms with Crippen molar-refractivity contribution in [2.75, 3.05) is 30.3 Å². The second kappa shape index (κ2) is 6.26. The molecule has 0 amide bonds. The molecule has 0 aromatic rings. The van der Waals surface area contributed by atoms with E-state index in [1.165, 1.54) is 18.6 Å². The molecule has 0 radical (unpaired) electrons. The highest BCUT2D eigenvalue weighted by atomic mass is 32.2. The molecule has 16 heavy (non-hydrogen) atoms. The van der Waals surface area contributed by atoms with Crippen molar-refractivity contribution in [2.45, 2.75) is 37.9 Å². The molecule has 1 atom stereocenters. The first kappa shape index (κ1) is 14.3. The van der Waals surface area contributed by atoms with Crippen LogP contribution in [-0.2, 0) is 9.84 Å². The summed E-state index contributed by atoms with van der Waals surface area (Å²) >= 11 is 2.03. The van der Waals surface area contributed by atoms with Crippen molar-refractivity contribution in [3.63, 3.8) is 0 Å². The van der Waals surface area contributed by atoms with Gasteiger partial charge < -0.3 is 5.32 Å². The van der Waals surface area contributed by atoms with Crippen LogP contribution < -0.4 is 5.32 Å². The first-order chi connectivity index (χ1) is 7.47. The number of hydrogen-bond donors (Lipinski definition) is 1. The first-order valence-corrected chi connectivity index (χ1v) is 8.83. The second-order valence-electron chi connectivity index (χ2n) is 4.67. The maximum atomic E-state index is 11.2. The normalized spacial score (nSPS) is 26.1. The van der Waals surface area contributed by atoms with E-state index in [9.17, 15) is 8.42 Å². The molecule has 5 heteroatoms. The Morgan fingerprint density at radius 1 is 1.44 bits per heavy atom. The van der Waals surface area contributed by atoms with Crippen LogP contribution in [0.4, 0.5) is 0 Å². The van der Waals surface area contributed by atoms with Crippen LogP contribution in [-0.4, -0.2) is 43.5 Å². The van der Waals surface area contributed by atoms with Gasteiger partial charge in [0.15, 0.2) is 0 Å². The summed E-state index contributed by atoms with van der Waals surface area (Å²) in [5.74, 6) is 1.85. The van der Waals surface area contributed by atoms with Crippen LogP contribution in [0, 0.1) is 0 Å². The lowest BCUT2D eigenvalue weighted by atomic mass is 10.1. The molecule has 1 fully saturated rings. The predicted octanol–water partition coefficient (Wildman–Crippen LogP) is 1.69. The van der Waals surface area contributed by atoms with E-state index in [0.717, 1.165) is 19.5 Å². The van der Waals surface area contributed by atoms with Gasteiger partial charge in [-0.15, -0.1) is 0 Å². The summed E-state index contributed by atoms with van der Waals surface area (Å²) in [5, 5.41) is 3.38. The summed E-state index contributed by atoms with van der Waals surface area (Å²) in [5.41, 5.74) is 0. The lowest BCUT2D eigenvalue weighted by Crippen LogP contribution is -2.33. The van der Waals surface area contributed by atoms with E-state index in [1.54, 1.807) is 6.92 Å². The lowest BCUT2D eigenvalue weighted by Gasteiger charge is -2.22. The largest absolute Gasteiger partial charge is 0.315 e. The smallest absolute Gasteiger partial charge is 0.150 e. The highest BCUT2D eigenvalue weighted by Crippen LogP contribution is 2.36. The minimum atomic E-state index is -2.78. The average molecular weight is 265 g/mol. The maximum absolute atomic E-state index is 11.2. The van der Waals surface area contributed by atoms with Crippen molar-refractivity contribution in [3.05, 3.63) is 0 Å². The number of sulfone groups is 1. The molecule has 1 saturated heterocycles. The second-order valence-corrected chi connectivity index (χ2v) is 8.82. The van der Waals surface area contributed by atoms with Crippen molar-refractivity contribution in [1.29, 1.82) is 0 Å². The summed E-state index contributed by atoms with van der Waals surface area (Å²) in [4.78, 5) is 0. The van der Waals surface area contributed by atoms with E-state index < -0.39 is 9.84 Å². The van der Waals surface area contributed by atoms with Crippen LogP contribution in [0.5, 0.6) is 0 Å². The molecule has 1 heterocycles. The van der Waals surface area contributed by atoms with E-state index in [4.69, 9.17) is 0 Å². The van der Waals surface area contributed by atoms with Crippen molar-refractivity contribution < 1.29 is 8.42 Å². The van der Waals surface area contributed by atoms with Crippen molar-refractivity contribution in [2.24, 2.45) is 0 Å². The van der Waals surface area contributed by atoms with Crippen molar-refractivity contribution >= 4 is 21.6 Å². The molecule has 96 valence electrons. The SMILES string of the molecule is CCS(=O)(=O)CCCNCC1(C)CCCS1. The Morgan fingerprint density at radius 3 is 2.75 bits per heavy atom. The van der Waals surface area contributed by atoms with Gasteiger partial charge in [-0.2, -0.15) is 11.8 Å². The Kier molecular flexibility index (Phi) is 5.61.